The molecular formula is C21H23ClN4O. The summed E-state index contributed by atoms with van der Waals surface area (Å²) in [7, 11) is 0. The highest BCUT2D eigenvalue weighted by Crippen LogP contribution is 2.60. The van der Waals surface area contributed by atoms with Crippen molar-refractivity contribution in [3.63, 3.8) is 0 Å². The van der Waals surface area contributed by atoms with Gasteiger partial charge in [-0.2, -0.15) is 10.2 Å². The third-order valence-electron chi connectivity index (χ3n) is 6.70. The van der Waals surface area contributed by atoms with Gasteiger partial charge in [-0.3, -0.25) is 9.89 Å². The number of hydrazone groups is 1. The smallest absolute Gasteiger partial charge is 0.281 e. The first-order chi connectivity index (χ1) is 13.1. The van der Waals surface area contributed by atoms with E-state index in [-0.39, 0.29) is 11.3 Å². The summed E-state index contributed by atoms with van der Waals surface area (Å²) in [5.74, 6) is 2.27. The molecule has 27 heavy (non-hydrogen) atoms. The van der Waals surface area contributed by atoms with Crippen molar-refractivity contribution < 1.29 is 4.79 Å². The molecule has 0 spiro atoms. The number of amides is 1. The number of hydrogen-bond acceptors (Lipinski definition) is 3. The SMILES string of the molecule is O=C(NN=Cc1ccccc1Cl)c1cc(C23CC4CC(CC(C4)C2)C3)[nH]n1. The first-order valence-electron chi connectivity index (χ1n) is 9.75. The number of nitrogens with one attached hydrogen (secondary N) is 2. The van der Waals surface area contributed by atoms with E-state index in [9.17, 15) is 4.79 Å². The number of hydrogen-bond donors (Lipinski definition) is 2. The molecular weight excluding hydrogens is 360 g/mol. The van der Waals surface area contributed by atoms with Gasteiger partial charge in [0.25, 0.3) is 5.91 Å². The predicted octanol–water partition coefficient (Wildman–Crippen LogP) is 4.29. The van der Waals surface area contributed by atoms with Crippen LogP contribution in [0.25, 0.3) is 0 Å². The minimum atomic E-state index is -0.300. The van der Waals surface area contributed by atoms with Gasteiger partial charge in [0.05, 0.1) is 6.21 Å². The highest BCUT2D eigenvalue weighted by atomic mass is 35.5. The van der Waals surface area contributed by atoms with Crippen LogP contribution < -0.4 is 5.43 Å². The van der Waals surface area contributed by atoms with E-state index in [0.29, 0.717) is 10.7 Å². The monoisotopic (exact) mass is 382 g/mol. The van der Waals surface area contributed by atoms with Crippen molar-refractivity contribution in [1.29, 1.82) is 0 Å². The molecule has 4 saturated carbocycles. The summed E-state index contributed by atoms with van der Waals surface area (Å²) in [5, 5.41) is 12.1. The lowest BCUT2D eigenvalue weighted by Crippen LogP contribution is -2.48. The Kier molecular flexibility index (Phi) is 4.08. The van der Waals surface area contributed by atoms with Crippen molar-refractivity contribution in [1.82, 2.24) is 15.6 Å². The van der Waals surface area contributed by atoms with E-state index in [0.717, 1.165) is 29.0 Å². The molecule has 0 saturated heterocycles. The molecule has 5 nitrogen and oxygen atoms in total. The van der Waals surface area contributed by atoms with Crippen LogP contribution in [0.2, 0.25) is 5.02 Å². The topological polar surface area (TPSA) is 70.1 Å². The Morgan fingerprint density at radius 2 is 1.85 bits per heavy atom. The number of carbonyl (C=O) groups is 1. The van der Waals surface area contributed by atoms with E-state index < -0.39 is 0 Å². The van der Waals surface area contributed by atoms with E-state index in [1.165, 1.54) is 38.5 Å². The number of aromatic amines is 1. The molecule has 140 valence electrons. The number of benzene rings is 1. The van der Waals surface area contributed by atoms with Crippen LogP contribution in [0.15, 0.2) is 35.4 Å². The van der Waals surface area contributed by atoms with Crippen LogP contribution in [0, 0.1) is 17.8 Å². The van der Waals surface area contributed by atoms with Crippen LogP contribution in [0.4, 0.5) is 0 Å². The lowest BCUT2D eigenvalue weighted by atomic mass is 9.49. The van der Waals surface area contributed by atoms with Gasteiger partial charge in [-0.05, 0) is 68.4 Å². The molecule has 4 fully saturated rings. The molecule has 1 amide bonds. The number of rotatable bonds is 4. The van der Waals surface area contributed by atoms with Gasteiger partial charge in [-0.1, -0.05) is 29.8 Å². The van der Waals surface area contributed by atoms with Gasteiger partial charge in [-0.25, -0.2) is 5.43 Å². The fourth-order valence-electron chi connectivity index (χ4n) is 5.95. The zero-order valence-electron chi connectivity index (χ0n) is 15.1. The summed E-state index contributed by atoms with van der Waals surface area (Å²) in [6.07, 6.45) is 9.48. The molecule has 2 N–H and O–H groups in total. The summed E-state index contributed by atoms with van der Waals surface area (Å²) in [5.41, 5.74) is 5.06. The molecule has 0 radical (unpaired) electrons. The van der Waals surface area contributed by atoms with Gasteiger partial charge in [0.1, 0.15) is 0 Å². The quantitative estimate of drug-likeness (QED) is 0.611. The average molecular weight is 383 g/mol. The molecule has 1 aromatic heterocycles. The predicted molar refractivity (Wildman–Crippen MR) is 105 cm³/mol. The van der Waals surface area contributed by atoms with Crippen LogP contribution >= 0.6 is 11.6 Å². The third kappa shape index (κ3) is 3.08. The Bertz CT molecular complexity index is 868. The number of nitrogens with zero attached hydrogens (tertiary/aromatic N) is 2. The molecule has 4 bridgehead atoms. The molecule has 0 atom stereocenters. The molecule has 4 aliphatic rings. The maximum absolute atomic E-state index is 12.4. The second-order valence-electron chi connectivity index (χ2n) is 8.59. The van der Waals surface area contributed by atoms with E-state index in [1.807, 2.05) is 24.3 Å². The highest BCUT2D eigenvalue weighted by molar-refractivity contribution is 6.33. The van der Waals surface area contributed by atoms with Crippen molar-refractivity contribution in [3.05, 3.63) is 52.3 Å². The second-order valence-corrected chi connectivity index (χ2v) is 8.99. The number of H-pyrrole nitrogens is 1. The fraction of sp³-hybridized carbons (Fsp3) is 0.476. The van der Waals surface area contributed by atoms with Crippen molar-refractivity contribution in [2.45, 2.75) is 43.9 Å². The van der Waals surface area contributed by atoms with Crippen LogP contribution in [0.5, 0.6) is 0 Å². The number of halogens is 1. The third-order valence-corrected chi connectivity index (χ3v) is 7.04. The minimum absolute atomic E-state index is 0.209. The Labute approximate surface area is 163 Å². The van der Waals surface area contributed by atoms with Gasteiger partial charge in [0, 0.05) is 21.7 Å². The van der Waals surface area contributed by atoms with Crippen LogP contribution in [0.3, 0.4) is 0 Å². The first kappa shape index (κ1) is 17.0. The van der Waals surface area contributed by atoms with Gasteiger partial charge in [-0.15, -0.1) is 0 Å². The standard InChI is InChI=1S/C21H23ClN4O/c22-17-4-2-1-3-16(17)12-23-26-20(27)18-8-19(25-24-18)21-9-13-5-14(10-21)7-15(6-13)11-21/h1-4,8,12-15H,5-7,9-11H2,(H,24,25)(H,26,27). The Morgan fingerprint density at radius 3 is 2.52 bits per heavy atom. The van der Waals surface area contributed by atoms with Gasteiger partial charge in [0.2, 0.25) is 0 Å². The summed E-state index contributed by atoms with van der Waals surface area (Å²) in [6.45, 7) is 0. The molecule has 1 aromatic carbocycles. The zero-order chi connectivity index (χ0) is 18.4. The Hall–Kier alpha value is -2.14. The molecule has 4 aliphatic carbocycles. The molecule has 6 heteroatoms. The van der Waals surface area contributed by atoms with E-state index in [4.69, 9.17) is 11.6 Å². The lowest BCUT2D eigenvalue weighted by Gasteiger charge is -2.56. The van der Waals surface area contributed by atoms with Crippen molar-refractivity contribution in [2.24, 2.45) is 22.9 Å². The molecule has 6 rings (SSSR count). The van der Waals surface area contributed by atoms with Crippen LogP contribution in [-0.2, 0) is 5.41 Å². The Morgan fingerprint density at radius 1 is 1.19 bits per heavy atom. The van der Waals surface area contributed by atoms with E-state index in [2.05, 4.69) is 20.7 Å². The van der Waals surface area contributed by atoms with Gasteiger partial charge < -0.3 is 0 Å². The first-order valence-corrected chi connectivity index (χ1v) is 10.1. The highest BCUT2D eigenvalue weighted by Gasteiger charge is 2.52. The van der Waals surface area contributed by atoms with E-state index in [1.54, 1.807) is 12.3 Å². The van der Waals surface area contributed by atoms with Crippen molar-refractivity contribution in [2.75, 3.05) is 0 Å². The van der Waals surface area contributed by atoms with Crippen LogP contribution in [-0.4, -0.2) is 22.3 Å². The molecule has 0 unspecified atom stereocenters. The molecule has 0 aliphatic heterocycles. The summed E-state index contributed by atoms with van der Waals surface area (Å²) < 4.78 is 0. The fourth-order valence-corrected chi connectivity index (χ4v) is 6.13. The van der Waals surface area contributed by atoms with E-state index >= 15 is 0 Å². The Balaban J connectivity index is 1.29. The molecule has 1 heterocycles. The zero-order valence-corrected chi connectivity index (χ0v) is 15.9. The largest absolute Gasteiger partial charge is 0.291 e. The van der Waals surface area contributed by atoms with Crippen molar-refractivity contribution in [3.8, 4) is 0 Å². The summed E-state index contributed by atoms with van der Waals surface area (Å²) >= 11 is 6.09. The summed E-state index contributed by atoms with van der Waals surface area (Å²) in [6, 6.07) is 9.30. The summed E-state index contributed by atoms with van der Waals surface area (Å²) in [4.78, 5) is 12.4. The molecule has 2 aromatic rings. The minimum Gasteiger partial charge on any atom is -0.281 e. The van der Waals surface area contributed by atoms with Crippen molar-refractivity contribution >= 4 is 23.7 Å². The average Bonchev–Trinajstić information content (AvgIpc) is 3.13. The van der Waals surface area contributed by atoms with Crippen LogP contribution in [0.1, 0.15) is 60.3 Å². The maximum atomic E-state index is 12.4. The van der Waals surface area contributed by atoms with Gasteiger partial charge >= 0.3 is 0 Å². The normalized spacial score (nSPS) is 31.5. The number of aromatic nitrogens is 2. The van der Waals surface area contributed by atoms with Gasteiger partial charge in [0.15, 0.2) is 5.69 Å². The lowest BCUT2D eigenvalue weighted by molar-refractivity contribution is -0.00721. The second kappa shape index (κ2) is 6.48. The number of carbonyl (C=O) groups excluding carboxylic acids is 1. The maximum Gasteiger partial charge on any atom is 0.291 e.